The molecule has 2 aliphatic rings. The summed E-state index contributed by atoms with van der Waals surface area (Å²) in [7, 11) is 3.45. The molecular weight excluding hydrogens is 278 g/mol. The molecular formula is C18H27NO3. The van der Waals surface area contributed by atoms with Crippen LogP contribution in [0.1, 0.15) is 36.5 Å². The van der Waals surface area contributed by atoms with Crippen LogP contribution in [0.3, 0.4) is 0 Å². The second-order valence-corrected chi connectivity index (χ2v) is 6.53. The van der Waals surface area contributed by atoms with E-state index in [-0.39, 0.29) is 11.5 Å². The molecule has 0 aromatic heterocycles. The van der Waals surface area contributed by atoms with Crippen LogP contribution in [0.5, 0.6) is 0 Å². The lowest BCUT2D eigenvalue weighted by atomic mass is 9.72. The van der Waals surface area contributed by atoms with Gasteiger partial charge in [0.25, 0.3) is 0 Å². The molecule has 1 aliphatic carbocycles. The van der Waals surface area contributed by atoms with Gasteiger partial charge in [-0.05, 0) is 43.5 Å². The number of piperidine rings is 1. The Morgan fingerprint density at radius 2 is 1.95 bits per heavy atom. The van der Waals surface area contributed by atoms with Gasteiger partial charge >= 0.3 is 0 Å². The molecule has 122 valence electrons. The maximum absolute atomic E-state index is 10.9. The van der Waals surface area contributed by atoms with Crippen molar-refractivity contribution in [3.8, 4) is 0 Å². The summed E-state index contributed by atoms with van der Waals surface area (Å²) in [5.74, 6) is 0. The van der Waals surface area contributed by atoms with Gasteiger partial charge in [-0.25, -0.2) is 0 Å². The molecule has 1 aromatic rings. The zero-order chi connectivity index (χ0) is 15.6. The van der Waals surface area contributed by atoms with Crippen molar-refractivity contribution in [2.24, 2.45) is 0 Å². The smallest absolute Gasteiger partial charge is 0.109 e. The molecule has 1 N–H and O–H groups in total. The fraction of sp³-hybridized carbons (Fsp3) is 0.667. The predicted molar refractivity (Wildman–Crippen MR) is 86.0 cm³/mol. The van der Waals surface area contributed by atoms with E-state index in [1.807, 2.05) is 6.07 Å². The standard InChI is InChI=1S/C18H27NO3/c1-21-13-5-10-19-11-8-18(9-12-19)15-7-4-3-6-14(15)16(22-2)17(18)20/h3-4,6-7,16-17,20H,5,8-13H2,1-2H3/t16-,17+/m1/s1. The number of aliphatic hydroxyl groups excluding tert-OH is 1. The molecule has 4 heteroatoms. The highest BCUT2D eigenvalue weighted by molar-refractivity contribution is 5.44. The van der Waals surface area contributed by atoms with Crippen molar-refractivity contribution >= 4 is 0 Å². The lowest BCUT2D eigenvalue weighted by Gasteiger charge is -2.42. The Morgan fingerprint density at radius 3 is 2.64 bits per heavy atom. The van der Waals surface area contributed by atoms with E-state index in [0.717, 1.165) is 45.5 Å². The number of fused-ring (bicyclic) bond motifs is 2. The number of ether oxygens (including phenoxy) is 2. The number of methoxy groups -OCH3 is 2. The van der Waals surface area contributed by atoms with Crippen molar-refractivity contribution in [2.75, 3.05) is 40.5 Å². The summed E-state index contributed by atoms with van der Waals surface area (Å²) in [5, 5.41) is 10.9. The van der Waals surface area contributed by atoms with Gasteiger partial charge in [0.15, 0.2) is 0 Å². The van der Waals surface area contributed by atoms with Gasteiger partial charge in [-0.15, -0.1) is 0 Å². The zero-order valence-electron chi connectivity index (χ0n) is 13.6. The molecule has 22 heavy (non-hydrogen) atoms. The summed E-state index contributed by atoms with van der Waals surface area (Å²) in [4.78, 5) is 2.49. The Bertz CT molecular complexity index is 497. The molecule has 0 amide bonds. The summed E-state index contributed by atoms with van der Waals surface area (Å²) in [6, 6.07) is 8.40. The third kappa shape index (κ3) is 2.58. The highest BCUT2D eigenvalue weighted by Crippen LogP contribution is 2.51. The minimum Gasteiger partial charge on any atom is -0.389 e. The molecule has 1 saturated heterocycles. The highest BCUT2D eigenvalue weighted by Gasteiger charge is 2.52. The van der Waals surface area contributed by atoms with Crippen LogP contribution >= 0.6 is 0 Å². The molecule has 1 fully saturated rings. The van der Waals surface area contributed by atoms with Crippen LogP contribution in [0.2, 0.25) is 0 Å². The monoisotopic (exact) mass is 305 g/mol. The number of benzene rings is 1. The van der Waals surface area contributed by atoms with E-state index in [9.17, 15) is 5.11 Å². The topological polar surface area (TPSA) is 41.9 Å². The van der Waals surface area contributed by atoms with Gasteiger partial charge in [-0.1, -0.05) is 24.3 Å². The molecule has 3 rings (SSSR count). The largest absolute Gasteiger partial charge is 0.389 e. The van der Waals surface area contributed by atoms with Gasteiger partial charge in [-0.3, -0.25) is 0 Å². The van der Waals surface area contributed by atoms with Gasteiger partial charge in [0, 0.05) is 32.8 Å². The maximum Gasteiger partial charge on any atom is 0.109 e. The van der Waals surface area contributed by atoms with E-state index >= 15 is 0 Å². The predicted octanol–water partition coefficient (Wildman–Crippen LogP) is 2.12. The molecule has 0 unspecified atom stereocenters. The number of rotatable bonds is 5. The molecule has 1 heterocycles. The quantitative estimate of drug-likeness (QED) is 0.846. The normalized spacial score (nSPS) is 27.2. The summed E-state index contributed by atoms with van der Waals surface area (Å²) in [5.41, 5.74) is 2.34. The second kappa shape index (κ2) is 6.67. The van der Waals surface area contributed by atoms with Crippen LogP contribution in [0.15, 0.2) is 24.3 Å². The lowest BCUT2D eigenvalue weighted by Crippen LogP contribution is -2.48. The first kappa shape index (κ1) is 15.9. The molecule has 1 aromatic carbocycles. The van der Waals surface area contributed by atoms with Crippen molar-refractivity contribution in [2.45, 2.75) is 36.9 Å². The van der Waals surface area contributed by atoms with E-state index in [1.54, 1.807) is 14.2 Å². The van der Waals surface area contributed by atoms with Gasteiger partial charge in [0.05, 0.1) is 6.10 Å². The molecule has 4 nitrogen and oxygen atoms in total. The second-order valence-electron chi connectivity index (χ2n) is 6.53. The Labute approximate surface area is 133 Å². The van der Waals surface area contributed by atoms with Gasteiger partial charge in [-0.2, -0.15) is 0 Å². The summed E-state index contributed by atoms with van der Waals surface area (Å²) in [6.07, 6.45) is 2.45. The van der Waals surface area contributed by atoms with Crippen LogP contribution in [0, 0.1) is 0 Å². The average Bonchev–Trinajstić information content (AvgIpc) is 2.79. The molecule has 0 saturated carbocycles. The van der Waals surface area contributed by atoms with Gasteiger partial charge in [0.1, 0.15) is 6.10 Å². The summed E-state index contributed by atoms with van der Waals surface area (Å²) < 4.78 is 10.7. The highest BCUT2D eigenvalue weighted by atomic mass is 16.5. The van der Waals surface area contributed by atoms with Crippen LogP contribution in [0.4, 0.5) is 0 Å². The molecule has 1 aliphatic heterocycles. The van der Waals surface area contributed by atoms with Crippen molar-refractivity contribution in [1.82, 2.24) is 4.90 Å². The van der Waals surface area contributed by atoms with Crippen LogP contribution in [-0.4, -0.2) is 56.6 Å². The third-order valence-corrected chi connectivity index (χ3v) is 5.48. The van der Waals surface area contributed by atoms with E-state index in [2.05, 4.69) is 23.1 Å². The van der Waals surface area contributed by atoms with Crippen molar-refractivity contribution in [3.63, 3.8) is 0 Å². The first-order chi connectivity index (χ1) is 10.7. The van der Waals surface area contributed by atoms with E-state index in [1.165, 1.54) is 11.1 Å². The lowest BCUT2D eigenvalue weighted by molar-refractivity contribution is -0.0548. The van der Waals surface area contributed by atoms with Crippen LogP contribution in [-0.2, 0) is 14.9 Å². The Balaban J connectivity index is 1.75. The summed E-state index contributed by atoms with van der Waals surface area (Å²) in [6.45, 7) is 3.96. The van der Waals surface area contributed by atoms with Crippen molar-refractivity contribution in [3.05, 3.63) is 35.4 Å². The van der Waals surface area contributed by atoms with Crippen LogP contribution in [0.25, 0.3) is 0 Å². The SMILES string of the molecule is COCCCN1CCC2(CC1)c1ccccc1[C@@H](OC)[C@@H]2O. The fourth-order valence-corrected chi connectivity index (χ4v) is 4.25. The number of likely N-dealkylation sites (tertiary alicyclic amines) is 1. The van der Waals surface area contributed by atoms with E-state index < -0.39 is 6.10 Å². The number of aliphatic hydroxyl groups is 1. The van der Waals surface area contributed by atoms with Gasteiger partial charge < -0.3 is 19.5 Å². The van der Waals surface area contributed by atoms with Crippen molar-refractivity contribution in [1.29, 1.82) is 0 Å². The van der Waals surface area contributed by atoms with Crippen molar-refractivity contribution < 1.29 is 14.6 Å². The Kier molecular flexibility index (Phi) is 4.83. The molecule has 2 atom stereocenters. The molecule has 0 bridgehead atoms. The minimum absolute atomic E-state index is 0.130. The van der Waals surface area contributed by atoms with Gasteiger partial charge in [0.2, 0.25) is 0 Å². The fourth-order valence-electron chi connectivity index (χ4n) is 4.25. The third-order valence-electron chi connectivity index (χ3n) is 5.48. The first-order valence-electron chi connectivity index (χ1n) is 8.24. The summed E-state index contributed by atoms with van der Waals surface area (Å²) >= 11 is 0. The van der Waals surface area contributed by atoms with E-state index in [0.29, 0.717) is 0 Å². The maximum atomic E-state index is 10.9. The number of hydrogen-bond donors (Lipinski definition) is 1. The van der Waals surface area contributed by atoms with Crippen LogP contribution < -0.4 is 0 Å². The minimum atomic E-state index is -0.434. The van der Waals surface area contributed by atoms with E-state index in [4.69, 9.17) is 9.47 Å². The molecule has 0 radical (unpaired) electrons. The zero-order valence-corrected chi connectivity index (χ0v) is 13.6. The average molecular weight is 305 g/mol. The Morgan fingerprint density at radius 1 is 1.23 bits per heavy atom. The first-order valence-corrected chi connectivity index (χ1v) is 8.24. The number of nitrogens with zero attached hydrogens (tertiary/aromatic N) is 1. The Hall–Kier alpha value is -0.940. The molecule has 1 spiro atoms. The number of hydrogen-bond acceptors (Lipinski definition) is 4.